The number of rotatable bonds is 10. The third-order valence-corrected chi connectivity index (χ3v) is 4.63. The molecule has 0 fully saturated rings. The molecule has 5 heteroatoms. The number of aromatic nitrogens is 2. The molecule has 2 aromatic carbocycles. The maximum Gasteiger partial charge on any atom is 0.270 e. The number of hydrogen-bond donors (Lipinski definition) is 2. The van der Waals surface area contributed by atoms with Crippen molar-refractivity contribution in [1.82, 2.24) is 15.3 Å². The predicted molar refractivity (Wildman–Crippen MR) is 117 cm³/mol. The van der Waals surface area contributed by atoms with E-state index in [1.165, 1.54) is 11.1 Å². The lowest BCUT2D eigenvalue weighted by Crippen LogP contribution is -2.26. The van der Waals surface area contributed by atoms with Crippen molar-refractivity contribution in [3.05, 3.63) is 89.4 Å². The molecule has 150 valence electrons. The monoisotopic (exact) mass is 388 g/mol. The Morgan fingerprint density at radius 3 is 2.03 bits per heavy atom. The van der Waals surface area contributed by atoms with Crippen LogP contribution in [0, 0.1) is 6.92 Å². The molecule has 0 spiro atoms. The lowest BCUT2D eigenvalue weighted by Gasteiger charge is -2.09. The number of hydrogen-bond acceptors (Lipinski definition) is 4. The van der Waals surface area contributed by atoms with Crippen molar-refractivity contribution in [3.8, 4) is 0 Å². The summed E-state index contributed by atoms with van der Waals surface area (Å²) < 4.78 is 0. The molecule has 0 saturated carbocycles. The highest BCUT2D eigenvalue weighted by molar-refractivity contribution is 5.92. The number of aryl methyl sites for hydroxylation is 3. The Morgan fingerprint density at radius 2 is 1.41 bits per heavy atom. The zero-order valence-corrected chi connectivity index (χ0v) is 16.9. The Bertz CT molecular complexity index is 897. The molecule has 1 aromatic heterocycles. The van der Waals surface area contributed by atoms with Crippen LogP contribution in [0.5, 0.6) is 0 Å². The molecule has 2 N–H and O–H groups in total. The summed E-state index contributed by atoms with van der Waals surface area (Å²) in [5.74, 6) is 1.13. The number of amides is 1. The minimum atomic E-state index is -0.157. The number of nitrogens with one attached hydrogen (secondary N) is 2. The molecule has 0 radical (unpaired) electrons. The van der Waals surface area contributed by atoms with Gasteiger partial charge in [0.1, 0.15) is 17.3 Å². The van der Waals surface area contributed by atoms with E-state index in [4.69, 9.17) is 0 Å². The zero-order valence-electron chi connectivity index (χ0n) is 16.9. The van der Waals surface area contributed by atoms with Gasteiger partial charge in [-0.15, -0.1) is 0 Å². The maximum absolute atomic E-state index is 12.4. The van der Waals surface area contributed by atoms with E-state index < -0.39 is 0 Å². The van der Waals surface area contributed by atoms with E-state index in [1.807, 2.05) is 24.3 Å². The first kappa shape index (κ1) is 20.5. The Morgan fingerprint density at radius 1 is 0.828 bits per heavy atom. The molecule has 0 aliphatic carbocycles. The fourth-order valence-corrected chi connectivity index (χ4v) is 3.16. The summed E-state index contributed by atoms with van der Waals surface area (Å²) in [6, 6.07) is 22.4. The highest BCUT2D eigenvalue weighted by Crippen LogP contribution is 2.09. The van der Waals surface area contributed by atoms with Gasteiger partial charge in [0.15, 0.2) is 0 Å². The van der Waals surface area contributed by atoms with Crippen LogP contribution < -0.4 is 10.6 Å². The number of anilines is 1. The average molecular weight is 389 g/mol. The summed E-state index contributed by atoms with van der Waals surface area (Å²) in [4.78, 5) is 21.1. The van der Waals surface area contributed by atoms with Gasteiger partial charge in [-0.2, -0.15) is 0 Å². The first-order valence-electron chi connectivity index (χ1n) is 10.2. The number of carbonyl (C=O) groups is 1. The topological polar surface area (TPSA) is 66.9 Å². The van der Waals surface area contributed by atoms with E-state index in [2.05, 4.69) is 57.0 Å². The van der Waals surface area contributed by atoms with E-state index >= 15 is 0 Å². The third-order valence-electron chi connectivity index (χ3n) is 4.63. The van der Waals surface area contributed by atoms with E-state index in [0.29, 0.717) is 23.9 Å². The Kier molecular flexibility index (Phi) is 7.75. The second-order valence-electron chi connectivity index (χ2n) is 7.05. The highest BCUT2D eigenvalue weighted by Gasteiger charge is 2.10. The molecule has 0 unspecified atom stereocenters. The van der Waals surface area contributed by atoms with Gasteiger partial charge in [-0.05, 0) is 43.7 Å². The van der Waals surface area contributed by atoms with Crippen molar-refractivity contribution in [2.45, 2.75) is 32.6 Å². The lowest BCUT2D eigenvalue weighted by atomic mass is 10.1. The molecule has 0 bridgehead atoms. The minimum absolute atomic E-state index is 0.157. The van der Waals surface area contributed by atoms with Crippen molar-refractivity contribution < 1.29 is 4.79 Å². The summed E-state index contributed by atoms with van der Waals surface area (Å²) in [6.07, 6.45) is 3.84. The molecule has 3 rings (SSSR count). The van der Waals surface area contributed by atoms with E-state index in [1.54, 1.807) is 13.0 Å². The number of carbonyl (C=O) groups excluding carboxylic acids is 1. The molecule has 1 heterocycles. The van der Waals surface area contributed by atoms with Crippen molar-refractivity contribution in [2.75, 3.05) is 18.4 Å². The number of benzene rings is 2. The van der Waals surface area contributed by atoms with Gasteiger partial charge in [0.25, 0.3) is 5.91 Å². The summed E-state index contributed by atoms with van der Waals surface area (Å²) >= 11 is 0. The first-order chi connectivity index (χ1) is 14.2. The first-order valence-corrected chi connectivity index (χ1v) is 10.2. The SMILES string of the molecule is Cc1nc(NCCCc2ccccc2)cc(C(=O)NCCCc2ccccc2)n1. The van der Waals surface area contributed by atoms with Gasteiger partial charge in [0.2, 0.25) is 0 Å². The van der Waals surface area contributed by atoms with E-state index in [0.717, 1.165) is 32.2 Å². The maximum atomic E-state index is 12.4. The molecule has 0 saturated heterocycles. The van der Waals surface area contributed by atoms with Gasteiger partial charge in [-0.25, -0.2) is 9.97 Å². The van der Waals surface area contributed by atoms with Gasteiger partial charge in [-0.1, -0.05) is 60.7 Å². The molecule has 0 atom stereocenters. The lowest BCUT2D eigenvalue weighted by molar-refractivity contribution is 0.0948. The summed E-state index contributed by atoms with van der Waals surface area (Å²) in [5.41, 5.74) is 3.01. The van der Waals surface area contributed by atoms with Crippen LogP contribution in [0.3, 0.4) is 0 Å². The fraction of sp³-hybridized carbons (Fsp3) is 0.292. The van der Waals surface area contributed by atoms with E-state index in [-0.39, 0.29) is 5.91 Å². The zero-order chi connectivity index (χ0) is 20.3. The molecular formula is C24H28N4O. The molecule has 1 amide bonds. The quantitative estimate of drug-likeness (QED) is 0.511. The van der Waals surface area contributed by atoms with Crippen molar-refractivity contribution in [3.63, 3.8) is 0 Å². The molecule has 0 aliphatic rings. The van der Waals surface area contributed by atoms with Crippen molar-refractivity contribution in [2.24, 2.45) is 0 Å². The second-order valence-corrected chi connectivity index (χ2v) is 7.05. The average Bonchev–Trinajstić information content (AvgIpc) is 2.75. The second kappa shape index (κ2) is 11.0. The van der Waals surface area contributed by atoms with Gasteiger partial charge < -0.3 is 10.6 Å². The van der Waals surface area contributed by atoms with Gasteiger partial charge >= 0.3 is 0 Å². The van der Waals surface area contributed by atoms with Gasteiger partial charge in [0.05, 0.1) is 0 Å². The standard InChI is InChI=1S/C24H28N4O/c1-19-27-22(24(29)26-17-9-15-21-12-6-3-7-13-21)18-23(28-19)25-16-8-14-20-10-4-2-5-11-20/h2-7,10-13,18H,8-9,14-17H2,1H3,(H,26,29)(H,25,27,28). The van der Waals surface area contributed by atoms with Crippen molar-refractivity contribution >= 4 is 11.7 Å². The van der Waals surface area contributed by atoms with Crippen LogP contribution in [0.1, 0.15) is 40.3 Å². The summed E-state index contributed by atoms with van der Waals surface area (Å²) in [5, 5.41) is 6.26. The largest absolute Gasteiger partial charge is 0.370 e. The van der Waals surface area contributed by atoms with Crippen LogP contribution in [0.2, 0.25) is 0 Å². The van der Waals surface area contributed by atoms with Crippen LogP contribution in [0.4, 0.5) is 5.82 Å². The van der Waals surface area contributed by atoms with Crippen LogP contribution in [0.15, 0.2) is 66.7 Å². The van der Waals surface area contributed by atoms with Crippen LogP contribution in [-0.4, -0.2) is 29.0 Å². The normalized spacial score (nSPS) is 10.5. The van der Waals surface area contributed by atoms with Crippen LogP contribution >= 0.6 is 0 Å². The molecular weight excluding hydrogens is 360 g/mol. The van der Waals surface area contributed by atoms with Crippen LogP contribution in [-0.2, 0) is 12.8 Å². The third kappa shape index (κ3) is 7.03. The molecule has 3 aromatic rings. The Labute approximate surface area is 172 Å². The smallest absolute Gasteiger partial charge is 0.270 e. The Hall–Kier alpha value is -3.21. The van der Waals surface area contributed by atoms with E-state index in [9.17, 15) is 4.79 Å². The van der Waals surface area contributed by atoms with Crippen molar-refractivity contribution in [1.29, 1.82) is 0 Å². The van der Waals surface area contributed by atoms with Gasteiger partial charge in [-0.3, -0.25) is 4.79 Å². The van der Waals surface area contributed by atoms with Gasteiger partial charge in [0, 0.05) is 19.2 Å². The molecule has 29 heavy (non-hydrogen) atoms. The van der Waals surface area contributed by atoms with Crippen LogP contribution in [0.25, 0.3) is 0 Å². The summed E-state index contributed by atoms with van der Waals surface area (Å²) in [6.45, 7) is 3.22. The number of nitrogens with zero attached hydrogens (tertiary/aromatic N) is 2. The highest BCUT2D eigenvalue weighted by atomic mass is 16.1. The minimum Gasteiger partial charge on any atom is -0.370 e. The molecule has 0 aliphatic heterocycles. The molecule has 5 nitrogen and oxygen atoms in total. The fourth-order valence-electron chi connectivity index (χ4n) is 3.16. The summed E-state index contributed by atoms with van der Waals surface area (Å²) in [7, 11) is 0. The Balaban J connectivity index is 1.44. The predicted octanol–water partition coefficient (Wildman–Crippen LogP) is 4.19.